The molecule has 0 bridgehead atoms. The first-order chi connectivity index (χ1) is 12.7. The maximum absolute atomic E-state index is 14.1. The molecule has 0 radical (unpaired) electrons. The average Bonchev–Trinajstić information content (AvgIpc) is 2.68. The molecule has 5 heteroatoms. The van der Waals surface area contributed by atoms with Crippen LogP contribution in [0.5, 0.6) is 11.5 Å². The first-order valence-corrected chi connectivity index (χ1v) is 9.12. The van der Waals surface area contributed by atoms with Crippen LogP contribution in [0, 0.1) is 5.82 Å². The molecule has 4 nitrogen and oxygen atoms in total. The summed E-state index contributed by atoms with van der Waals surface area (Å²) in [5.41, 5.74) is 0.951. The lowest BCUT2D eigenvalue weighted by atomic mass is 10.0. The lowest BCUT2D eigenvalue weighted by Crippen LogP contribution is -2.45. The lowest BCUT2D eigenvalue weighted by Gasteiger charge is -2.33. The summed E-state index contributed by atoms with van der Waals surface area (Å²) in [6.45, 7) is 5.16. The maximum atomic E-state index is 14.1. The van der Waals surface area contributed by atoms with Gasteiger partial charge in [0.2, 0.25) is 0 Å². The molecule has 0 amide bonds. The topological polar surface area (TPSA) is 24.9 Å². The van der Waals surface area contributed by atoms with E-state index in [0.29, 0.717) is 0 Å². The summed E-state index contributed by atoms with van der Waals surface area (Å²) in [5, 5.41) is 0. The van der Waals surface area contributed by atoms with E-state index in [2.05, 4.69) is 16.8 Å². The average molecular weight is 358 g/mol. The molecule has 0 spiro atoms. The van der Waals surface area contributed by atoms with E-state index < -0.39 is 0 Å². The summed E-state index contributed by atoms with van der Waals surface area (Å²) < 4.78 is 25.7. The molecular weight excluding hydrogens is 331 g/mol. The molecule has 1 heterocycles. The van der Waals surface area contributed by atoms with Gasteiger partial charge in [-0.2, -0.15) is 0 Å². The molecule has 1 aliphatic rings. The van der Waals surface area contributed by atoms with Crippen molar-refractivity contribution in [1.29, 1.82) is 0 Å². The van der Waals surface area contributed by atoms with Crippen molar-refractivity contribution in [3.63, 3.8) is 0 Å². The first kappa shape index (κ1) is 18.7. The van der Waals surface area contributed by atoms with Crippen molar-refractivity contribution in [2.45, 2.75) is 12.5 Å². The Hall–Kier alpha value is -2.11. The predicted molar refractivity (Wildman–Crippen MR) is 101 cm³/mol. The highest BCUT2D eigenvalue weighted by molar-refractivity contribution is 5.36. The van der Waals surface area contributed by atoms with Crippen molar-refractivity contribution in [1.82, 2.24) is 9.80 Å². The molecular formula is C21H27FN2O2. The van der Waals surface area contributed by atoms with Crippen molar-refractivity contribution < 1.29 is 13.9 Å². The largest absolute Gasteiger partial charge is 0.496 e. The second kappa shape index (κ2) is 9.01. The molecule has 0 aliphatic carbocycles. The summed E-state index contributed by atoms with van der Waals surface area (Å²) in [5.74, 6) is 0.709. The van der Waals surface area contributed by atoms with Crippen LogP contribution in [0.3, 0.4) is 0 Å². The molecule has 1 fully saturated rings. The smallest absolute Gasteiger partial charge is 0.165 e. The van der Waals surface area contributed by atoms with Gasteiger partial charge in [0.25, 0.3) is 0 Å². The molecule has 1 atom stereocenters. The van der Waals surface area contributed by atoms with Crippen LogP contribution in [-0.2, 0) is 0 Å². The normalized spacial score (nSPS) is 17.0. The number of hydrogen-bond donors (Lipinski definition) is 0. The molecule has 2 aromatic carbocycles. The molecule has 1 aliphatic heterocycles. The molecule has 1 saturated heterocycles. The zero-order valence-corrected chi connectivity index (χ0v) is 15.5. The third kappa shape index (κ3) is 4.74. The summed E-state index contributed by atoms with van der Waals surface area (Å²) in [4.78, 5) is 4.77. The van der Waals surface area contributed by atoms with Gasteiger partial charge >= 0.3 is 0 Å². The number of piperazine rings is 1. The summed E-state index contributed by atoms with van der Waals surface area (Å²) in [6, 6.07) is 14.4. The quantitative estimate of drug-likeness (QED) is 0.755. The molecule has 26 heavy (non-hydrogen) atoms. The SMILES string of the molecule is COc1ccccc1C(CCN1CCN(C)CC1)Oc1ccccc1F. The van der Waals surface area contributed by atoms with Crippen molar-refractivity contribution in [2.75, 3.05) is 46.9 Å². The Balaban J connectivity index is 1.76. The Bertz CT molecular complexity index is 702. The third-order valence-electron chi connectivity index (χ3n) is 4.90. The molecule has 140 valence electrons. The summed E-state index contributed by atoms with van der Waals surface area (Å²) in [6.07, 6.45) is 0.515. The van der Waals surface area contributed by atoms with E-state index in [1.807, 2.05) is 24.3 Å². The molecule has 2 aromatic rings. The van der Waals surface area contributed by atoms with Crippen LogP contribution in [0.25, 0.3) is 0 Å². The van der Waals surface area contributed by atoms with Crippen LogP contribution < -0.4 is 9.47 Å². The van der Waals surface area contributed by atoms with Crippen molar-refractivity contribution >= 4 is 0 Å². The number of methoxy groups -OCH3 is 1. The van der Waals surface area contributed by atoms with Crippen LogP contribution in [0.2, 0.25) is 0 Å². The predicted octanol–water partition coefficient (Wildman–Crippen LogP) is 3.59. The Morgan fingerprint density at radius 1 is 0.962 bits per heavy atom. The number of benzene rings is 2. The summed E-state index contributed by atoms with van der Waals surface area (Å²) >= 11 is 0. The fraction of sp³-hybridized carbons (Fsp3) is 0.429. The minimum absolute atomic E-state index is 0.261. The Labute approximate surface area is 155 Å². The minimum atomic E-state index is -0.341. The van der Waals surface area contributed by atoms with Crippen LogP contribution in [-0.4, -0.2) is 56.7 Å². The van der Waals surface area contributed by atoms with E-state index in [-0.39, 0.29) is 17.7 Å². The summed E-state index contributed by atoms with van der Waals surface area (Å²) in [7, 11) is 3.80. The number of ether oxygens (including phenoxy) is 2. The fourth-order valence-electron chi connectivity index (χ4n) is 3.28. The van der Waals surface area contributed by atoms with Gasteiger partial charge in [-0.3, -0.25) is 0 Å². The van der Waals surface area contributed by atoms with Crippen molar-refractivity contribution in [3.8, 4) is 11.5 Å². The van der Waals surface area contributed by atoms with Crippen LogP contribution in [0.1, 0.15) is 18.1 Å². The van der Waals surface area contributed by atoms with Gasteiger partial charge in [0.05, 0.1) is 7.11 Å². The van der Waals surface area contributed by atoms with Crippen LogP contribution in [0.15, 0.2) is 48.5 Å². The minimum Gasteiger partial charge on any atom is -0.496 e. The fourth-order valence-corrected chi connectivity index (χ4v) is 3.28. The second-order valence-corrected chi connectivity index (χ2v) is 6.71. The molecule has 0 saturated carbocycles. The van der Waals surface area contributed by atoms with E-state index in [9.17, 15) is 4.39 Å². The molecule has 0 aromatic heterocycles. The van der Waals surface area contributed by atoms with Crippen molar-refractivity contribution in [2.24, 2.45) is 0 Å². The van der Waals surface area contributed by atoms with Crippen molar-refractivity contribution in [3.05, 3.63) is 59.9 Å². The number of nitrogens with zero attached hydrogens (tertiary/aromatic N) is 2. The van der Waals surface area contributed by atoms with Crippen LogP contribution >= 0.6 is 0 Å². The molecule has 1 unspecified atom stereocenters. The number of para-hydroxylation sites is 2. The van der Waals surface area contributed by atoms with Gasteiger partial charge in [0.1, 0.15) is 11.9 Å². The van der Waals surface area contributed by atoms with Gasteiger partial charge in [-0.25, -0.2) is 4.39 Å². The van der Waals surface area contributed by atoms with Gasteiger partial charge in [-0.15, -0.1) is 0 Å². The van der Waals surface area contributed by atoms with Gasteiger partial charge in [-0.1, -0.05) is 30.3 Å². The zero-order valence-electron chi connectivity index (χ0n) is 15.5. The van der Waals surface area contributed by atoms with Gasteiger partial charge in [0.15, 0.2) is 11.6 Å². The second-order valence-electron chi connectivity index (χ2n) is 6.71. The van der Waals surface area contributed by atoms with Gasteiger partial charge in [0, 0.05) is 44.7 Å². The Kier molecular flexibility index (Phi) is 6.47. The van der Waals surface area contributed by atoms with E-state index in [4.69, 9.17) is 9.47 Å². The number of hydrogen-bond acceptors (Lipinski definition) is 4. The number of likely N-dealkylation sites (N-methyl/N-ethyl adjacent to an activating group) is 1. The van der Waals surface area contributed by atoms with E-state index in [0.717, 1.165) is 50.5 Å². The monoisotopic (exact) mass is 358 g/mol. The first-order valence-electron chi connectivity index (χ1n) is 9.12. The van der Waals surface area contributed by atoms with Gasteiger partial charge < -0.3 is 19.3 Å². The van der Waals surface area contributed by atoms with Gasteiger partial charge in [-0.05, 0) is 25.2 Å². The standard InChI is InChI=1S/C21H27FN2O2/c1-23-13-15-24(16-14-23)12-11-20(17-7-3-5-9-19(17)25-2)26-21-10-6-4-8-18(21)22/h3-10,20H,11-16H2,1-2H3. The van der Waals surface area contributed by atoms with E-state index >= 15 is 0 Å². The molecule has 0 N–H and O–H groups in total. The Morgan fingerprint density at radius 2 is 1.62 bits per heavy atom. The highest BCUT2D eigenvalue weighted by Gasteiger charge is 2.22. The van der Waals surface area contributed by atoms with E-state index in [1.165, 1.54) is 6.07 Å². The van der Waals surface area contributed by atoms with E-state index in [1.54, 1.807) is 25.3 Å². The number of rotatable bonds is 7. The zero-order chi connectivity index (χ0) is 18.4. The third-order valence-corrected chi connectivity index (χ3v) is 4.90. The van der Waals surface area contributed by atoms with Crippen LogP contribution in [0.4, 0.5) is 4.39 Å². The lowest BCUT2D eigenvalue weighted by molar-refractivity contribution is 0.120. The highest BCUT2D eigenvalue weighted by atomic mass is 19.1. The number of halogens is 1. The Morgan fingerprint density at radius 3 is 2.31 bits per heavy atom. The highest BCUT2D eigenvalue weighted by Crippen LogP contribution is 2.32. The maximum Gasteiger partial charge on any atom is 0.165 e. The molecule has 3 rings (SSSR count).